The molecule has 0 heterocycles. The molecule has 0 aliphatic heterocycles. The molecule has 25 heavy (non-hydrogen) atoms. The Balaban J connectivity index is 1.43. The molecule has 1 aliphatic carbocycles. The first-order chi connectivity index (χ1) is 12.1. The predicted molar refractivity (Wildman–Crippen MR) is 98.5 cm³/mol. The Labute approximate surface area is 147 Å². The van der Waals surface area contributed by atoms with E-state index in [0.717, 1.165) is 30.5 Å². The van der Waals surface area contributed by atoms with E-state index in [1.807, 2.05) is 36.4 Å². The molecule has 3 amide bonds. The van der Waals surface area contributed by atoms with Crippen LogP contribution >= 0.6 is 0 Å². The Kier molecular flexibility index (Phi) is 5.33. The van der Waals surface area contributed by atoms with Gasteiger partial charge in [-0.1, -0.05) is 36.4 Å². The highest BCUT2D eigenvalue weighted by Gasteiger charge is 2.22. The number of fused-ring (bicyclic) bond motifs is 1. The summed E-state index contributed by atoms with van der Waals surface area (Å²) in [6.07, 6.45) is 2.72. The molecule has 0 fully saturated rings. The molecule has 5 heteroatoms. The molecule has 0 spiro atoms. The van der Waals surface area contributed by atoms with Gasteiger partial charge in [-0.15, -0.1) is 0 Å². The van der Waals surface area contributed by atoms with Crippen LogP contribution in [0.5, 0.6) is 0 Å². The van der Waals surface area contributed by atoms with Crippen LogP contribution in [0.15, 0.2) is 48.5 Å². The van der Waals surface area contributed by atoms with Crippen molar-refractivity contribution >= 4 is 17.6 Å². The van der Waals surface area contributed by atoms with Gasteiger partial charge in [-0.25, -0.2) is 4.79 Å². The summed E-state index contributed by atoms with van der Waals surface area (Å²) in [5.41, 5.74) is 4.45. The highest BCUT2D eigenvalue weighted by atomic mass is 16.2. The molecule has 5 nitrogen and oxygen atoms in total. The maximum atomic E-state index is 12.1. The van der Waals surface area contributed by atoms with Gasteiger partial charge in [0.15, 0.2) is 0 Å². The number of benzene rings is 2. The van der Waals surface area contributed by atoms with E-state index < -0.39 is 0 Å². The topological polar surface area (TPSA) is 70.2 Å². The third-order valence-electron chi connectivity index (χ3n) is 4.41. The molecule has 1 aliphatic rings. The Morgan fingerprint density at radius 1 is 1.08 bits per heavy atom. The van der Waals surface area contributed by atoms with Crippen LogP contribution in [0.4, 0.5) is 10.5 Å². The number of rotatable bonds is 5. The van der Waals surface area contributed by atoms with Crippen LogP contribution in [-0.4, -0.2) is 18.5 Å². The number of hydrogen-bond donors (Lipinski definition) is 3. The van der Waals surface area contributed by atoms with E-state index in [9.17, 15) is 9.59 Å². The van der Waals surface area contributed by atoms with Crippen molar-refractivity contribution in [2.24, 2.45) is 0 Å². The molecule has 130 valence electrons. The van der Waals surface area contributed by atoms with Crippen LogP contribution in [0.2, 0.25) is 0 Å². The second-order valence-electron chi connectivity index (χ2n) is 6.32. The van der Waals surface area contributed by atoms with Crippen LogP contribution in [0, 0.1) is 0 Å². The third-order valence-corrected chi connectivity index (χ3v) is 4.41. The van der Waals surface area contributed by atoms with Crippen LogP contribution in [0.25, 0.3) is 0 Å². The normalized spacial score (nSPS) is 15.3. The Hall–Kier alpha value is -2.82. The minimum Gasteiger partial charge on any atom is -0.338 e. The van der Waals surface area contributed by atoms with Gasteiger partial charge in [0, 0.05) is 19.2 Å². The van der Waals surface area contributed by atoms with Crippen LogP contribution in [0.3, 0.4) is 0 Å². The fourth-order valence-electron chi connectivity index (χ4n) is 3.19. The lowest BCUT2D eigenvalue weighted by Crippen LogP contribution is -2.38. The number of anilines is 1. The summed E-state index contributed by atoms with van der Waals surface area (Å²) in [5.74, 6) is -0.0837. The Morgan fingerprint density at radius 2 is 1.84 bits per heavy atom. The zero-order valence-corrected chi connectivity index (χ0v) is 14.3. The molecule has 1 atom stereocenters. The Bertz CT molecular complexity index is 756. The monoisotopic (exact) mass is 337 g/mol. The fourth-order valence-corrected chi connectivity index (χ4v) is 3.19. The maximum Gasteiger partial charge on any atom is 0.315 e. The van der Waals surface area contributed by atoms with Gasteiger partial charge < -0.3 is 16.0 Å². The summed E-state index contributed by atoms with van der Waals surface area (Å²) in [5, 5.41) is 8.71. The van der Waals surface area contributed by atoms with Gasteiger partial charge in [-0.2, -0.15) is 0 Å². The van der Waals surface area contributed by atoms with E-state index in [4.69, 9.17) is 0 Å². The number of amides is 3. The molecule has 0 radical (unpaired) electrons. The first kappa shape index (κ1) is 17.0. The third kappa shape index (κ3) is 4.59. The maximum absolute atomic E-state index is 12.1. The minimum absolute atomic E-state index is 0.0837. The molecule has 0 saturated heterocycles. The lowest BCUT2D eigenvalue weighted by atomic mass is 10.1. The van der Waals surface area contributed by atoms with Gasteiger partial charge in [0.1, 0.15) is 0 Å². The average molecular weight is 337 g/mol. The highest BCUT2D eigenvalue weighted by molar-refractivity contribution is 5.88. The molecule has 2 aromatic carbocycles. The van der Waals surface area contributed by atoms with Gasteiger partial charge in [0.05, 0.1) is 6.04 Å². The van der Waals surface area contributed by atoms with Crippen molar-refractivity contribution in [3.05, 3.63) is 65.2 Å². The van der Waals surface area contributed by atoms with Crippen LogP contribution < -0.4 is 16.0 Å². The number of nitrogens with one attached hydrogen (secondary N) is 3. The molecule has 0 saturated carbocycles. The second kappa shape index (κ2) is 7.83. The van der Waals surface area contributed by atoms with Gasteiger partial charge in [0.2, 0.25) is 5.91 Å². The number of aryl methyl sites for hydroxylation is 1. The molecule has 0 bridgehead atoms. The zero-order chi connectivity index (χ0) is 17.6. The minimum atomic E-state index is -0.128. The van der Waals surface area contributed by atoms with Crippen molar-refractivity contribution in [1.82, 2.24) is 10.6 Å². The zero-order valence-electron chi connectivity index (χ0n) is 14.3. The molecule has 2 aromatic rings. The van der Waals surface area contributed by atoms with Gasteiger partial charge in [-0.3, -0.25) is 4.79 Å². The quantitative estimate of drug-likeness (QED) is 0.784. The number of hydrogen-bond acceptors (Lipinski definition) is 2. The van der Waals surface area contributed by atoms with Crippen molar-refractivity contribution in [3.63, 3.8) is 0 Å². The van der Waals surface area contributed by atoms with Crippen molar-refractivity contribution in [1.29, 1.82) is 0 Å². The van der Waals surface area contributed by atoms with Crippen LogP contribution in [-0.2, 0) is 17.6 Å². The molecular formula is C20H23N3O2. The second-order valence-corrected chi connectivity index (χ2v) is 6.32. The first-order valence-electron chi connectivity index (χ1n) is 8.60. The summed E-state index contributed by atoms with van der Waals surface area (Å²) in [7, 11) is 0. The summed E-state index contributed by atoms with van der Waals surface area (Å²) in [6, 6.07) is 15.9. The van der Waals surface area contributed by atoms with E-state index in [1.165, 1.54) is 18.1 Å². The molecule has 3 rings (SSSR count). The van der Waals surface area contributed by atoms with E-state index in [0.29, 0.717) is 6.54 Å². The van der Waals surface area contributed by atoms with Crippen molar-refractivity contribution in [3.8, 4) is 0 Å². The summed E-state index contributed by atoms with van der Waals surface area (Å²) < 4.78 is 0. The lowest BCUT2D eigenvalue weighted by molar-refractivity contribution is -0.114. The van der Waals surface area contributed by atoms with Gasteiger partial charge >= 0.3 is 6.03 Å². The Morgan fingerprint density at radius 3 is 2.60 bits per heavy atom. The van der Waals surface area contributed by atoms with Gasteiger partial charge in [-0.05, 0) is 48.1 Å². The highest BCUT2D eigenvalue weighted by Crippen LogP contribution is 2.30. The summed E-state index contributed by atoms with van der Waals surface area (Å²) in [4.78, 5) is 23.1. The standard InChI is InChI=1S/C20H23N3O2/c1-14(24)22-17-9-6-15(7-10-17)12-13-21-20(25)23-19-11-8-16-4-2-3-5-18(16)19/h2-7,9-10,19H,8,11-13H2,1H3,(H,22,24)(H2,21,23,25)/t19-/m0/s1. The number of urea groups is 1. The molecule has 3 N–H and O–H groups in total. The largest absolute Gasteiger partial charge is 0.338 e. The van der Waals surface area contributed by atoms with Crippen molar-refractivity contribution < 1.29 is 9.59 Å². The summed E-state index contributed by atoms with van der Waals surface area (Å²) >= 11 is 0. The van der Waals surface area contributed by atoms with E-state index in [1.54, 1.807) is 0 Å². The number of carbonyl (C=O) groups excluding carboxylic acids is 2. The number of carbonyl (C=O) groups is 2. The average Bonchev–Trinajstić information content (AvgIpc) is 2.99. The predicted octanol–water partition coefficient (Wildman–Crippen LogP) is 3.17. The molecule has 0 unspecified atom stereocenters. The fraction of sp³-hybridized carbons (Fsp3) is 0.300. The van der Waals surface area contributed by atoms with E-state index in [-0.39, 0.29) is 18.0 Å². The van der Waals surface area contributed by atoms with Crippen molar-refractivity contribution in [2.45, 2.75) is 32.2 Å². The molecule has 0 aromatic heterocycles. The smallest absolute Gasteiger partial charge is 0.315 e. The van der Waals surface area contributed by atoms with Gasteiger partial charge in [0.25, 0.3) is 0 Å². The first-order valence-corrected chi connectivity index (χ1v) is 8.60. The van der Waals surface area contributed by atoms with E-state index >= 15 is 0 Å². The SMILES string of the molecule is CC(=O)Nc1ccc(CCNC(=O)N[C@H]2CCc3ccccc32)cc1. The lowest BCUT2D eigenvalue weighted by Gasteiger charge is -2.15. The van der Waals surface area contributed by atoms with E-state index in [2.05, 4.69) is 28.1 Å². The summed E-state index contributed by atoms with van der Waals surface area (Å²) in [6.45, 7) is 2.05. The van der Waals surface area contributed by atoms with Crippen LogP contribution in [0.1, 0.15) is 36.1 Å². The van der Waals surface area contributed by atoms with Crippen molar-refractivity contribution in [2.75, 3.05) is 11.9 Å². The molecular weight excluding hydrogens is 314 g/mol.